The van der Waals surface area contributed by atoms with E-state index in [0.717, 1.165) is 80.7 Å². The number of hydrogen-bond acceptors (Lipinski definition) is 18. The molecule has 4 atom stereocenters. The Labute approximate surface area is 538 Å². The first-order chi connectivity index (χ1) is 42.9. The van der Waals surface area contributed by atoms with Crippen LogP contribution in [0.1, 0.15) is 92.9 Å². The molecule has 0 radical (unpaired) electrons. The van der Waals surface area contributed by atoms with Gasteiger partial charge in [0.15, 0.2) is 0 Å². The van der Waals surface area contributed by atoms with Crippen LogP contribution in [0.15, 0.2) is 170 Å². The Bertz CT molecular complexity index is 4510. The minimum Gasteiger partial charge on any atom is -0.466 e. The summed E-state index contributed by atoms with van der Waals surface area (Å²) < 4.78 is 36.1. The normalized spacial score (nSPS) is 13.1. The predicted octanol–water partition coefficient (Wildman–Crippen LogP) is 19.2. The van der Waals surface area contributed by atoms with Crippen LogP contribution < -0.4 is 0 Å². The van der Waals surface area contributed by atoms with E-state index in [9.17, 15) is 29.4 Å². The molecule has 444 valence electrons. The van der Waals surface area contributed by atoms with Gasteiger partial charge in [0.1, 0.15) is 25.0 Å². The predicted molar refractivity (Wildman–Crippen MR) is 367 cm³/mol. The quantitative estimate of drug-likeness (QED) is 0.0430. The van der Waals surface area contributed by atoms with Gasteiger partial charge in [-0.05, 0) is 84.6 Å². The van der Waals surface area contributed by atoms with Crippen molar-refractivity contribution < 1.29 is 48.3 Å². The zero-order valence-electron chi connectivity index (χ0n) is 47.6. The lowest BCUT2D eigenvalue weighted by atomic mass is 10.1. The first-order valence-electron chi connectivity index (χ1n) is 28.8. The molecule has 0 spiro atoms. The summed E-state index contributed by atoms with van der Waals surface area (Å²) in [4.78, 5) is 53.5. The summed E-state index contributed by atoms with van der Waals surface area (Å²) in [6, 6.07) is 57.7. The number of aliphatic hydroxyl groups excluding tert-OH is 2. The largest absolute Gasteiger partial charge is 0.466 e. The zero-order chi connectivity index (χ0) is 60.4. The first-order valence-corrected chi connectivity index (χ1v) is 35.3. The van der Waals surface area contributed by atoms with Crippen LogP contribution in [0.4, 0.5) is 0 Å². The van der Waals surface area contributed by atoms with Gasteiger partial charge < -0.3 is 29.2 Å². The van der Waals surface area contributed by atoms with E-state index < -0.39 is 61.1 Å². The lowest BCUT2D eigenvalue weighted by Gasteiger charge is -2.17. The number of esters is 4. The van der Waals surface area contributed by atoms with Crippen molar-refractivity contribution in [2.45, 2.75) is 76.8 Å². The topological polar surface area (TPSA) is 146 Å². The second kappa shape index (κ2) is 26.5. The average molecular weight is 1310 g/mol. The third kappa shape index (κ3) is 13.1. The Morgan fingerprint density at radius 3 is 0.909 bits per heavy atom. The molecular formula is C70H56O10S8. The van der Waals surface area contributed by atoms with E-state index in [1.165, 1.54) is 39.0 Å². The van der Waals surface area contributed by atoms with Crippen LogP contribution >= 0.6 is 90.7 Å². The summed E-state index contributed by atoms with van der Waals surface area (Å²) in [5.74, 6) is -2.42. The molecule has 0 bridgehead atoms. The second-order valence-electron chi connectivity index (χ2n) is 21.2. The summed E-state index contributed by atoms with van der Waals surface area (Å²) in [7, 11) is 0. The van der Waals surface area contributed by atoms with Crippen molar-refractivity contribution >= 4 is 193 Å². The summed E-state index contributed by atoms with van der Waals surface area (Å²) in [5, 5.41) is 26.6. The molecule has 14 aromatic rings. The van der Waals surface area contributed by atoms with Crippen molar-refractivity contribution in [2.75, 3.05) is 13.2 Å². The Hall–Kier alpha value is -7.20. The van der Waals surface area contributed by atoms with Crippen molar-refractivity contribution in [3.8, 4) is 0 Å². The summed E-state index contributed by atoms with van der Waals surface area (Å²) in [6.07, 6.45) is -0.683. The van der Waals surface area contributed by atoms with Crippen LogP contribution in [0.3, 0.4) is 0 Å². The highest BCUT2D eigenvalue weighted by Gasteiger charge is 2.27. The number of thiophene rings is 8. The van der Waals surface area contributed by atoms with Crippen molar-refractivity contribution in [1.29, 1.82) is 0 Å². The molecule has 8 heterocycles. The van der Waals surface area contributed by atoms with Gasteiger partial charge in [0.05, 0.1) is 44.2 Å². The summed E-state index contributed by atoms with van der Waals surface area (Å²) in [6.45, 7) is 3.81. The summed E-state index contributed by atoms with van der Waals surface area (Å²) >= 11 is 13.7. The fraction of sp³-hybridized carbons (Fsp3) is 0.200. The van der Waals surface area contributed by atoms with E-state index >= 15 is 0 Å². The fourth-order valence-corrected chi connectivity index (χ4v) is 21.1. The van der Waals surface area contributed by atoms with Gasteiger partial charge in [0, 0.05) is 104 Å². The van der Waals surface area contributed by atoms with E-state index in [1.54, 1.807) is 81.9 Å². The van der Waals surface area contributed by atoms with Crippen molar-refractivity contribution in [1.82, 2.24) is 0 Å². The van der Waals surface area contributed by atoms with Crippen LogP contribution in [-0.4, -0.2) is 47.3 Å². The number of benzene rings is 6. The monoisotopic (exact) mass is 1310 g/mol. The van der Waals surface area contributed by atoms with Gasteiger partial charge in [0.25, 0.3) is 0 Å². The van der Waals surface area contributed by atoms with Gasteiger partial charge in [-0.1, -0.05) is 121 Å². The molecule has 18 heteroatoms. The molecule has 88 heavy (non-hydrogen) atoms. The van der Waals surface area contributed by atoms with Crippen molar-refractivity contribution in [3.05, 3.63) is 212 Å². The molecule has 0 aliphatic rings. The molecule has 8 aromatic heterocycles. The molecule has 14 rings (SSSR count). The van der Waals surface area contributed by atoms with Gasteiger partial charge in [-0.25, -0.2) is 0 Å². The van der Waals surface area contributed by atoms with Crippen LogP contribution in [0.2, 0.25) is 0 Å². The number of ether oxygens (including phenoxy) is 4. The molecule has 0 aliphatic heterocycles. The molecular weight excluding hydrogens is 1260 g/mol. The van der Waals surface area contributed by atoms with Crippen LogP contribution in [0.5, 0.6) is 0 Å². The van der Waals surface area contributed by atoms with Crippen LogP contribution in [-0.2, 0) is 63.8 Å². The molecule has 0 saturated heterocycles. The van der Waals surface area contributed by atoms with Gasteiger partial charge in [-0.2, -0.15) is 0 Å². The highest BCUT2D eigenvalue weighted by atomic mass is 32.1. The van der Waals surface area contributed by atoms with Crippen LogP contribution in [0, 0.1) is 0 Å². The van der Waals surface area contributed by atoms with E-state index in [0.29, 0.717) is 25.7 Å². The van der Waals surface area contributed by atoms with Crippen LogP contribution in [0.25, 0.3) is 77.9 Å². The maximum atomic E-state index is 12.8. The van der Waals surface area contributed by atoms with Gasteiger partial charge >= 0.3 is 23.9 Å². The standard InChI is InChI=1S/C40H34O8S4.C30H22O2S4/c1-3-45-35(41)21-37(43)47-27(15-23-11-7-5-8-12-23)31-19-33-39(51-31)25-17-30-26(18-29(25)49-33)40-34(50-30)20-32(52-40)28(16-24-13-9-6-10-14-24)48-38(44)22-36(42)46-4-2;31-21(11-17-7-3-1-4-8-17)25-15-27-29(35-25)19-13-24-20(14-23(19)33-27)30-28(34-24)16-26(36-30)22(32)12-18-9-5-2-6-10-18/h5-14,17-20,27-28H,3-4,15-16,21-22H2,1-2H3;1-10,13-16,21-22,31-32H,11-12H2. The maximum absolute atomic E-state index is 12.8. The van der Waals surface area contributed by atoms with E-state index in [2.05, 4.69) is 72.8 Å². The third-order valence-electron chi connectivity index (χ3n) is 15.0. The first kappa shape index (κ1) is 59.7. The van der Waals surface area contributed by atoms with Crippen molar-refractivity contribution in [3.63, 3.8) is 0 Å². The second-order valence-corrected chi connectivity index (χ2v) is 29.8. The minimum atomic E-state index is -0.611. The number of fused-ring (bicyclic) bond motifs is 12. The van der Waals surface area contributed by atoms with Gasteiger partial charge in [-0.15, -0.1) is 90.7 Å². The smallest absolute Gasteiger partial charge is 0.317 e. The Morgan fingerprint density at radius 2 is 0.614 bits per heavy atom. The highest BCUT2D eigenvalue weighted by molar-refractivity contribution is 7.35. The number of rotatable bonds is 20. The van der Waals surface area contributed by atoms with Crippen molar-refractivity contribution in [2.24, 2.45) is 0 Å². The van der Waals surface area contributed by atoms with E-state index in [4.69, 9.17) is 18.9 Å². The number of carbonyl (C=O) groups is 4. The minimum absolute atomic E-state index is 0.202. The Balaban J connectivity index is 0.000000173. The SMILES string of the molecule is CCOC(=O)CC(=O)OC(Cc1ccccc1)c1cc2sc3cc4c(cc3c2s1)sc1cc(C(Cc2ccccc2)OC(=O)CC(=O)OCC)sc14.OC(Cc1ccccc1)c1cc2sc3cc4c(cc3c2s1)sc1cc(C(O)Cc2ccccc2)sc14. The van der Waals surface area contributed by atoms with E-state index in [1.807, 2.05) is 120 Å². The molecule has 0 aliphatic carbocycles. The highest BCUT2D eigenvalue weighted by Crippen LogP contribution is 2.50. The fourth-order valence-electron chi connectivity index (χ4n) is 10.9. The maximum Gasteiger partial charge on any atom is 0.317 e. The Kier molecular flexibility index (Phi) is 18.0. The third-order valence-corrected chi connectivity index (χ3v) is 25.0. The van der Waals surface area contributed by atoms with Gasteiger partial charge in [0.2, 0.25) is 0 Å². The van der Waals surface area contributed by atoms with E-state index in [-0.39, 0.29) is 13.2 Å². The number of aliphatic hydroxyl groups is 2. The molecule has 10 nitrogen and oxygen atoms in total. The molecule has 4 unspecified atom stereocenters. The van der Waals surface area contributed by atoms with Gasteiger partial charge in [-0.3, -0.25) is 19.2 Å². The molecule has 6 aromatic carbocycles. The number of carbonyl (C=O) groups excluding carboxylic acids is 4. The molecule has 2 N–H and O–H groups in total. The summed E-state index contributed by atoms with van der Waals surface area (Å²) in [5.41, 5.74) is 4.36. The molecule has 0 fully saturated rings. The lowest BCUT2D eigenvalue weighted by molar-refractivity contribution is -0.159. The lowest BCUT2D eigenvalue weighted by Crippen LogP contribution is -2.17. The Morgan fingerprint density at radius 1 is 0.341 bits per heavy atom. The zero-order valence-corrected chi connectivity index (χ0v) is 54.1. The average Bonchev–Trinajstić information content (AvgIpc) is 1.67. The number of hydrogen-bond donors (Lipinski definition) is 2. The molecule has 0 saturated carbocycles. The molecule has 0 amide bonds.